The topological polar surface area (TPSA) is 80.2 Å². The lowest BCUT2D eigenvalue weighted by Gasteiger charge is -2.13. The van der Waals surface area contributed by atoms with E-state index in [0.717, 1.165) is 47.2 Å². The number of nitrogens with one attached hydrogen (secondary N) is 1. The van der Waals surface area contributed by atoms with Gasteiger partial charge in [-0.3, -0.25) is 0 Å². The van der Waals surface area contributed by atoms with Crippen molar-refractivity contribution >= 4 is 58.2 Å². The Morgan fingerprint density at radius 3 is 2.59 bits per heavy atom. The second-order valence-corrected chi connectivity index (χ2v) is 6.87. The molecule has 0 aliphatic rings. The Kier molecular flexibility index (Phi) is 7.67. The van der Waals surface area contributed by atoms with Crippen LogP contribution in [0.25, 0.3) is 33.5 Å². The number of aromatic nitrogens is 2. The van der Waals surface area contributed by atoms with Crippen molar-refractivity contribution in [3.63, 3.8) is 0 Å². The number of halogens is 2. The first-order valence-electron chi connectivity index (χ1n) is 9.05. The molecule has 0 aliphatic carbocycles. The van der Waals surface area contributed by atoms with E-state index in [9.17, 15) is 0 Å². The number of anilines is 2. The van der Waals surface area contributed by atoms with E-state index in [4.69, 9.17) is 15.1 Å². The van der Waals surface area contributed by atoms with Gasteiger partial charge < -0.3 is 20.4 Å². The summed E-state index contributed by atoms with van der Waals surface area (Å²) in [6.45, 7) is 1.81. The molecule has 0 saturated heterocycles. The van der Waals surface area contributed by atoms with Gasteiger partial charge in [-0.05, 0) is 51.3 Å². The molecule has 2 aromatic carbocycles. The number of furan rings is 1. The molecule has 0 unspecified atom stereocenters. The van der Waals surface area contributed by atoms with Crippen molar-refractivity contribution in [2.45, 2.75) is 6.42 Å². The Bertz CT molecular complexity index is 1060. The number of hydrogen-bond acceptors (Lipinski definition) is 6. The van der Waals surface area contributed by atoms with Crippen molar-refractivity contribution in [1.82, 2.24) is 14.9 Å². The van der Waals surface area contributed by atoms with Gasteiger partial charge in [0.25, 0.3) is 0 Å². The quantitative estimate of drug-likeness (QED) is 0.334. The number of hydrogen-bond donors (Lipinski definition) is 2. The minimum atomic E-state index is 0. The van der Waals surface area contributed by atoms with E-state index in [2.05, 4.69) is 29.3 Å². The van der Waals surface area contributed by atoms with Crippen LogP contribution >= 0.6 is 24.8 Å². The first-order valence-corrected chi connectivity index (χ1v) is 9.05. The van der Waals surface area contributed by atoms with Crippen LogP contribution in [-0.2, 0) is 0 Å². The molecule has 6 nitrogen and oxygen atoms in total. The van der Waals surface area contributed by atoms with E-state index in [0.29, 0.717) is 17.3 Å². The largest absolute Gasteiger partial charge is 0.453 e. The molecule has 0 aliphatic heterocycles. The van der Waals surface area contributed by atoms with Crippen molar-refractivity contribution in [2.75, 3.05) is 38.2 Å². The van der Waals surface area contributed by atoms with E-state index >= 15 is 0 Å². The van der Waals surface area contributed by atoms with Crippen LogP contribution in [0.5, 0.6) is 0 Å². The number of rotatable bonds is 6. The van der Waals surface area contributed by atoms with Gasteiger partial charge in [-0.15, -0.1) is 24.8 Å². The van der Waals surface area contributed by atoms with Crippen LogP contribution < -0.4 is 11.1 Å². The van der Waals surface area contributed by atoms with Crippen LogP contribution in [-0.4, -0.2) is 42.1 Å². The summed E-state index contributed by atoms with van der Waals surface area (Å²) >= 11 is 0. The number of nitrogens with zero attached hydrogens (tertiary/aromatic N) is 3. The lowest BCUT2D eigenvalue weighted by Crippen LogP contribution is -2.17. The third kappa shape index (κ3) is 4.90. The maximum absolute atomic E-state index is 6.21. The van der Waals surface area contributed by atoms with E-state index in [1.54, 1.807) is 0 Å². The molecule has 4 rings (SSSR count). The molecule has 0 spiro atoms. The molecular formula is C21H25Cl2N5O. The third-order valence-electron chi connectivity index (χ3n) is 4.48. The molecule has 154 valence electrons. The second-order valence-electron chi connectivity index (χ2n) is 6.87. The van der Waals surface area contributed by atoms with Crippen molar-refractivity contribution in [1.29, 1.82) is 0 Å². The second kappa shape index (κ2) is 9.78. The fourth-order valence-electron chi connectivity index (χ4n) is 3.14. The Morgan fingerprint density at radius 2 is 1.83 bits per heavy atom. The van der Waals surface area contributed by atoms with Crippen LogP contribution in [0.1, 0.15) is 6.42 Å². The van der Waals surface area contributed by atoms with Gasteiger partial charge in [0.1, 0.15) is 11.4 Å². The Morgan fingerprint density at radius 1 is 1.03 bits per heavy atom. The summed E-state index contributed by atoms with van der Waals surface area (Å²) in [5.74, 6) is 1.95. The van der Waals surface area contributed by atoms with Crippen LogP contribution in [0.4, 0.5) is 11.5 Å². The standard InChI is InChI=1S/C21H23N5O.2ClH/c1-26(2)12-6-11-23-21-19-15(22)8-5-9-16(19)24-20(25-21)18-13-14-7-3-4-10-17(14)27-18;;/h3-5,7-10,13H,6,11-12,22H2,1-2H3,(H,23,24,25);2*1H. The summed E-state index contributed by atoms with van der Waals surface area (Å²) < 4.78 is 5.95. The summed E-state index contributed by atoms with van der Waals surface area (Å²) in [5, 5.41) is 5.31. The molecule has 4 aromatic rings. The lowest BCUT2D eigenvalue weighted by molar-refractivity contribution is 0.405. The van der Waals surface area contributed by atoms with Gasteiger partial charge >= 0.3 is 0 Å². The molecule has 0 fully saturated rings. The molecule has 0 amide bonds. The average molecular weight is 434 g/mol. The molecule has 2 aromatic heterocycles. The summed E-state index contributed by atoms with van der Waals surface area (Å²) in [6, 6.07) is 15.6. The van der Waals surface area contributed by atoms with E-state index in [-0.39, 0.29) is 24.8 Å². The highest BCUT2D eigenvalue weighted by Gasteiger charge is 2.14. The van der Waals surface area contributed by atoms with Gasteiger partial charge in [-0.2, -0.15) is 0 Å². The number of nitrogen functional groups attached to an aromatic ring is 1. The molecule has 3 N–H and O–H groups in total. The van der Waals surface area contributed by atoms with Crippen LogP contribution in [0.2, 0.25) is 0 Å². The lowest BCUT2D eigenvalue weighted by atomic mass is 10.2. The normalized spacial score (nSPS) is 10.7. The van der Waals surface area contributed by atoms with E-state index < -0.39 is 0 Å². The maximum Gasteiger partial charge on any atom is 0.198 e. The molecular weight excluding hydrogens is 409 g/mol. The molecule has 2 heterocycles. The van der Waals surface area contributed by atoms with Gasteiger partial charge in [-0.1, -0.05) is 24.3 Å². The summed E-state index contributed by atoms with van der Waals surface area (Å²) in [6.07, 6.45) is 1.01. The molecule has 29 heavy (non-hydrogen) atoms. The van der Waals surface area contributed by atoms with Crippen molar-refractivity contribution < 1.29 is 4.42 Å². The minimum absolute atomic E-state index is 0. The molecule has 0 radical (unpaired) electrons. The van der Waals surface area contributed by atoms with Crippen LogP contribution in [0, 0.1) is 0 Å². The van der Waals surface area contributed by atoms with Crippen molar-refractivity contribution in [3.05, 3.63) is 48.5 Å². The molecule has 0 bridgehead atoms. The molecule has 8 heteroatoms. The minimum Gasteiger partial charge on any atom is -0.453 e. The van der Waals surface area contributed by atoms with E-state index in [1.807, 2.05) is 48.5 Å². The Labute approximate surface area is 182 Å². The average Bonchev–Trinajstić information content (AvgIpc) is 3.09. The van der Waals surface area contributed by atoms with Gasteiger partial charge in [-0.25, -0.2) is 9.97 Å². The zero-order valence-corrected chi connectivity index (χ0v) is 18.0. The summed E-state index contributed by atoms with van der Waals surface area (Å²) in [7, 11) is 4.13. The zero-order chi connectivity index (χ0) is 18.8. The number of fused-ring (bicyclic) bond motifs is 2. The summed E-state index contributed by atoms with van der Waals surface area (Å²) in [5.41, 5.74) is 8.50. The van der Waals surface area contributed by atoms with Gasteiger partial charge in [0, 0.05) is 17.6 Å². The van der Waals surface area contributed by atoms with Crippen molar-refractivity contribution in [3.8, 4) is 11.6 Å². The van der Waals surface area contributed by atoms with Crippen LogP contribution in [0.15, 0.2) is 52.9 Å². The van der Waals surface area contributed by atoms with Crippen LogP contribution in [0.3, 0.4) is 0 Å². The predicted molar refractivity (Wildman–Crippen MR) is 125 cm³/mol. The number of nitrogens with two attached hydrogens (primary N) is 1. The predicted octanol–water partition coefficient (Wildman–Crippen LogP) is 4.83. The molecule has 0 saturated carbocycles. The number of para-hydroxylation sites is 1. The van der Waals surface area contributed by atoms with Gasteiger partial charge in [0.15, 0.2) is 11.6 Å². The SMILES string of the molecule is CN(C)CCCNc1nc(-c2cc3ccccc3o2)nc2cccc(N)c12.Cl.Cl. The maximum atomic E-state index is 6.21. The number of benzene rings is 2. The monoisotopic (exact) mass is 433 g/mol. The highest BCUT2D eigenvalue weighted by atomic mass is 35.5. The highest BCUT2D eigenvalue weighted by Crippen LogP contribution is 2.31. The fraction of sp³-hybridized carbons (Fsp3) is 0.238. The zero-order valence-electron chi connectivity index (χ0n) is 16.4. The third-order valence-corrected chi connectivity index (χ3v) is 4.48. The van der Waals surface area contributed by atoms with Gasteiger partial charge in [0.2, 0.25) is 0 Å². The van der Waals surface area contributed by atoms with Crippen molar-refractivity contribution in [2.24, 2.45) is 0 Å². The fourth-order valence-corrected chi connectivity index (χ4v) is 3.14. The molecule has 0 atom stereocenters. The summed E-state index contributed by atoms with van der Waals surface area (Å²) in [4.78, 5) is 11.6. The van der Waals surface area contributed by atoms with Gasteiger partial charge in [0.05, 0.1) is 10.9 Å². The Hall–Kier alpha value is -2.54. The first-order chi connectivity index (χ1) is 13.1. The smallest absolute Gasteiger partial charge is 0.198 e. The van der Waals surface area contributed by atoms with E-state index in [1.165, 1.54) is 0 Å². The Balaban J connectivity index is 0.00000150. The highest BCUT2D eigenvalue weighted by molar-refractivity contribution is 5.99. The first kappa shape index (κ1) is 22.7.